The van der Waals surface area contributed by atoms with Crippen molar-refractivity contribution in [3.8, 4) is 0 Å². The number of hydrogen-bond acceptors (Lipinski definition) is 6. The van der Waals surface area contributed by atoms with E-state index in [-0.39, 0.29) is 17.8 Å². The second-order valence-electron chi connectivity index (χ2n) is 4.87. The first-order valence-electron chi connectivity index (χ1n) is 6.72. The molecule has 0 saturated heterocycles. The molecule has 2 aromatic rings. The Morgan fingerprint density at radius 1 is 1.30 bits per heavy atom. The molecular formula is C11H16N8O. The van der Waals surface area contributed by atoms with E-state index in [1.807, 2.05) is 6.92 Å². The fourth-order valence-corrected chi connectivity index (χ4v) is 2.41. The lowest BCUT2D eigenvalue weighted by Gasteiger charge is -2.14. The van der Waals surface area contributed by atoms with Crippen LogP contribution >= 0.6 is 0 Å². The Morgan fingerprint density at radius 2 is 2.20 bits per heavy atom. The van der Waals surface area contributed by atoms with E-state index >= 15 is 0 Å². The van der Waals surface area contributed by atoms with Crippen molar-refractivity contribution in [1.29, 1.82) is 0 Å². The van der Waals surface area contributed by atoms with Gasteiger partial charge in [-0.05, 0) is 25.0 Å². The molecule has 0 aliphatic carbocycles. The van der Waals surface area contributed by atoms with Crippen LogP contribution in [0.3, 0.4) is 0 Å². The van der Waals surface area contributed by atoms with Crippen molar-refractivity contribution in [2.24, 2.45) is 0 Å². The van der Waals surface area contributed by atoms with Crippen LogP contribution < -0.4 is 5.32 Å². The number of H-pyrrole nitrogens is 1. The molecule has 106 valence electrons. The largest absolute Gasteiger partial charge is 0.339 e. The molecule has 0 aromatic carbocycles. The lowest BCUT2D eigenvalue weighted by Crippen LogP contribution is -2.29. The Balaban J connectivity index is 1.76. The minimum absolute atomic E-state index is 0.0208. The highest BCUT2D eigenvalue weighted by Gasteiger charge is 2.22. The number of fused-ring (bicyclic) bond motifs is 1. The van der Waals surface area contributed by atoms with Crippen molar-refractivity contribution >= 4 is 5.91 Å². The van der Waals surface area contributed by atoms with E-state index in [0.29, 0.717) is 0 Å². The molecule has 0 radical (unpaired) electrons. The van der Waals surface area contributed by atoms with Gasteiger partial charge in [-0.1, -0.05) is 6.42 Å². The van der Waals surface area contributed by atoms with Gasteiger partial charge in [0.15, 0.2) is 5.82 Å². The van der Waals surface area contributed by atoms with Crippen LogP contribution in [0, 0.1) is 0 Å². The van der Waals surface area contributed by atoms with Crippen LogP contribution in [0.4, 0.5) is 0 Å². The Labute approximate surface area is 115 Å². The molecule has 3 heterocycles. The SMILES string of the molecule is CC(NC(=O)c1nn[nH]n1)c1nnc2n1CCCCC2. The molecule has 0 bridgehead atoms. The van der Waals surface area contributed by atoms with Gasteiger partial charge < -0.3 is 9.88 Å². The molecular weight excluding hydrogens is 260 g/mol. The summed E-state index contributed by atoms with van der Waals surface area (Å²) in [6.45, 7) is 2.78. The van der Waals surface area contributed by atoms with E-state index in [4.69, 9.17) is 0 Å². The topological polar surface area (TPSA) is 114 Å². The van der Waals surface area contributed by atoms with Crippen LogP contribution in [-0.2, 0) is 13.0 Å². The quantitative estimate of drug-likeness (QED) is 0.816. The highest BCUT2D eigenvalue weighted by molar-refractivity contribution is 5.90. The molecule has 2 aromatic heterocycles. The Hall–Kier alpha value is -2.32. The van der Waals surface area contributed by atoms with Crippen LogP contribution in [0.15, 0.2) is 0 Å². The number of nitrogens with zero attached hydrogens (tertiary/aromatic N) is 6. The number of tetrazole rings is 1. The smallest absolute Gasteiger partial charge is 0.293 e. The molecule has 2 N–H and O–H groups in total. The fraction of sp³-hybridized carbons (Fsp3) is 0.636. The first-order valence-corrected chi connectivity index (χ1v) is 6.72. The first kappa shape index (κ1) is 12.7. The van der Waals surface area contributed by atoms with Crippen LogP contribution in [0.2, 0.25) is 0 Å². The predicted octanol–water partition coefficient (Wildman–Crippen LogP) is 0.00860. The van der Waals surface area contributed by atoms with Crippen molar-refractivity contribution in [2.75, 3.05) is 0 Å². The first-order chi connectivity index (χ1) is 9.75. The summed E-state index contributed by atoms with van der Waals surface area (Å²) in [6, 6.07) is -0.250. The summed E-state index contributed by atoms with van der Waals surface area (Å²) in [4.78, 5) is 11.9. The summed E-state index contributed by atoms with van der Waals surface area (Å²) >= 11 is 0. The highest BCUT2D eigenvalue weighted by Crippen LogP contribution is 2.18. The van der Waals surface area contributed by atoms with Crippen LogP contribution in [-0.4, -0.2) is 41.3 Å². The van der Waals surface area contributed by atoms with Crippen molar-refractivity contribution in [3.05, 3.63) is 17.5 Å². The molecule has 0 fully saturated rings. The Kier molecular flexibility index (Phi) is 3.40. The van der Waals surface area contributed by atoms with Crippen LogP contribution in [0.5, 0.6) is 0 Å². The number of amides is 1. The van der Waals surface area contributed by atoms with Gasteiger partial charge in [0.25, 0.3) is 11.7 Å². The third-order valence-electron chi connectivity index (χ3n) is 3.42. The molecule has 1 amide bonds. The fourth-order valence-electron chi connectivity index (χ4n) is 2.41. The van der Waals surface area contributed by atoms with E-state index < -0.39 is 0 Å². The summed E-state index contributed by atoms with van der Waals surface area (Å²) in [7, 11) is 0. The lowest BCUT2D eigenvalue weighted by molar-refractivity contribution is 0.0927. The van der Waals surface area contributed by atoms with Gasteiger partial charge in [-0.25, -0.2) is 0 Å². The van der Waals surface area contributed by atoms with E-state index in [0.717, 1.165) is 37.5 Å². The molecule has 1 atom stereocenters. The Morgan fingerprint density at radius 3 is 3.00 bits per heavy atom. The van der Waals surface area contributed by atoms with Crippen molar-refractivity contribution in [2.45, 2.75) is 45.2 Å². The Bertz CT molecular complexity index is 590. The van der Waals surface area contributed by atoms with Gasteiger partial charge in [0.05, 0.1) is 6.04 Å². The van der Waals surface area contributed by atoms with Crippen molar-refractivity contribution in [3.63, 3.8) is 0 Å². The number of nitrogens with one attached hydrogen (secondary N) is 2. The molecule has 1 aliphatic heterocycles. The number of aromatic amines is 1. The normalized spacial score (nSPS) is 16.2. The van der Waals surface area contributed by atoms with Crippen molar-refractivity contribution in [1.82, 2.24) is 40.7 Å². The lowest BCUT2D eigenvalue weighted by atomic mass is 10.2. The molecule has 3 rings (SSSR count). The predicted molar refractivity (Wildman–Crippen MR) is 67.6 cm³/mol. The molecule has 0 spiro atoms. The maximum atomic E-state index is 11.9. The zero-order chi connectivity index (χ0) is 13.9. The molecule has 20 heavy (non-hydrogen) atoms. The van der Waals surface area contributed by atoms with Gasteiger partial charge in [0, 0.05) is 13.0 Å². The zero-order valence-corrected chi connectivity index (χ0v) is 11.2. The summed E-state index contributed by atoms with van der Waals surface area (Å²) in [6.07, 6.45) is 4.40. The zero-order valence-electron chi connectivity index (χ0n) is 11.2. The van der Waals surface area contributed by atoms with Gasteiger partial charge in [-0.15, -0.1) is 20.4 Å². The third kappa shape index (κ3) is 2.38. The monoisotopic (exact) mass is 276 g/mol. The number of carbonyl (C=O) groups is 1. The second-order valence-corrected chi connectivity index (χ2v) is 4.87. The molecule has 1 aliphatic rings. The number of rotatable bonds is 3. The number of aryl methyl sites for hydroxylation is 1. The minimum atomic E-state index is -0.378. The van der Waals surface area contributed by atoms with Gasteiger partial charge in [-0.3, -0.25) is 4.79 Å². The summed E-state index contributed by atoms with van der Waals surface area (Å²) in [5.41, 5.74) is 0. The maximum Gasteiger partial charge on any atom is 0.293 e. The van der Waals surface area contributed by atoms with Crippen molar-refractivity contribution < 1.29 is 4.79 Å². The van der Waals surface area contributed by atoms with E-state index in [1.165, 1.54) is 6.42 Å². The van der Waals surface area contributed by atoms with E-state index in [9.17, 15) is 4.79 Å². The van der Waals surface area contributed by atoms with Gasteiger partial charge in [0.2, 0.25) is 0 Å². The highest BCUT2D eigenvalue weighted by atomic mass is 16.2. The molecule has 0 saturated carbocycles. The van der Waals surface area contributed by atoms with Gasteiger partial charge in [0.1, 0.15) is 5.82 Å². The standard InChI is InChI=1S/C11H16N8O/c1-7(12-11(20)9-14-17-18-15-9)10-16-13-8-5-3-2-4-6-19(8)10/h7H,2-6H2,1H3,(H,12,20)(H,14,15,17,18). The number of aromatic nitrogens is 7. The van der Waals surface area contributed by atoms with Gasteiger partial charge in [-0.2, -0.15) is 5.21 Å². The average molecular weight is 276 g/mol. The van der Waals surface area contributed by atoms with E-state index in [1.54, 1.807) is 0 Å². The van der Waals surface area contributed by atoms with E-state index in [2.05, 4.69) is 40.7 Å². The summed E-state index contributed by atoms with van der Waals surface area (Å²) < 4.78 is 2.11. The van der Waals surface area contributed by atoms with Crippen LogP contribution in [0.1, 0.15) is 54.5 Å². The molecule has 9 nitrogen and oxygen atoms in total. The number of hydrogen-bond donors (Lipinski definition) is 2. The molecule has 1 unspecified atom stereocenters. The minimum Gasteiger partial charge on any atom is -0.339 e. The second kappa shape index (κ2) is 5.35. The molecule has 9 heteroatoms. The summed E-state index contributed by atoms with van der Waals surface area (Å²) in [5, 5.41) is 24.2. The van der Waals surface area contributed by atoms with Crippen LogP contribution in [0.25, 0.3) is 0 Å². The maximum absolute atomic E-state index is 11.9. The average Bonchev–Trinajstić information content (AvgIpc) is 3.04. The van der Waals surface area contributed by atoms with Gasteiger partial charge >= 0.3 is 0 Å². The summed E-state index contributed by atoms with van der Waals surface area (Å²) in [5.74, 6) is 1.42. The number of carbonyl (C=O) groups excluding carboxylic acids is 1. The third-order valence-corrected chi connectivity index (χ3v) is 3.42.